The average molecular weight is 326 g/mol. The number of ether oxygens (including phenoxy) is 1. The summed E-state index contributed by atoms with van der Waals surface area (Å²) in [6.07, 6.45) is 2.14. The van der Waals surface area contributed by atoms with Crippen LogP contribution in [0, 0.1) is 0 Å². The van der Waals surface area contributed by atoms with Crippen molar-refractivity contribution in [3.05, 3.63) is 28.2 Å². The largest absolute Gasteiger partial charge is 0.491 e. The Morgan fingerprint density at radius 2 is 1.95 bits per heavy atom. The molecule has 0 atom stereocenters. The molecule has 0 radical (unpaired) electrons. The lowest BCUT2D eigenvalue weighted by atomic mass is 10.1. The predicted molar refractivity (Wildman–Crippen MR) is 82.9 cm³/mol. The van der Waals surface area contributed by atoms with E-state index in [0.29, 0.717) is 28.4 Å². The lowest BCUT2D eigenvalue weighted by molar-refractivity contribution is 0.174. The van der Waals surface area contributed by atoms with Crippen LogP contribution in [0.25, 0.3) is 0 Å². The van der Waals surface area contributed by atoms with Crippen molar-refractivity contribution in [1.29, 1.82) is 0 Å². The maximum absolute atomic E-state index is 6.03. The molecule has 1 aromatic rings. The van der Waals surface area contributed by atoms with E-state index in [2.05, 4.69) is 4.90 Å². The second kappa shape index (κ2) is 8.18. The minimum absolute atomic E-state index is 0. The molecular weight excluding hydrogens is 307 g/mol. The van der Waals surface area contributed by atoms with E-state index in [1.165, 1.54) is 0 Å². The predicted octanol–water partition coefficient (Wildman–Crippen LogP) is 3.22. The highest BCUT2D eigenvalue weighted by Crippen LogP contribution is 2.27. The van der Waals surface area contributed by atoms with Crippen LogP contribution in [0.5, 0.6) is 5.75 Å². The van der Waals surface area contributed by atoms with E-state index in [-0.39, 0.29) is 12.4 Å². The van der Waals surface area contributed by atoms with E-state index in [1.807, 2.05) is 0 Å². The van der Waals surface area contributed by atoms with E-state index < -0.39 is 0 Å². The number of nitrogens with two attached hydrogens (primary N) is 1. The van der Waals surface area contributed by atoms with Gasteiger partial charge in [0.1, 0.15) is 12.4 Å². The summed E-state index contributed by atoms with van der Waals surface area (Å²) >= 11 is 11.9. The maximum Gasteiger partial charge on any atom is 0.138 e. The zero-order valence-corrected chi connectivity index (χ0v) is 13.0. The molecule has 0 saturated carbocycles. The Bertz CT molecular complexity index is 395. The third-order valence-corrected chi connectivity index (χ3v) is 3.72. The normalized spacial score (nSPS) is 17.0. The third-order valence-electron chi connectivity index (χ3n) is 3.19. The molecule has 1 aliphatic heterocycles. The molecule has 2 N–H and O–H groups in total. The summed E-state index contributed by atoms with van der Waals surface area (Å²) in [5.41, 5.74) is 5.86. The first-order valence-electron chi connectivity index (χ1n) is 6.21. The number of nitrogens with zero attached hydrogens (tertiary/aromatic N) is 1. The first-order chi connectivity index (χ1) is 8.65. The molecule has 108 valence electrons. The Morgan fingerprint density at radius 1 is 1.26 bits per heavy atom. The lowest BCUT2D eigenvalue weighted by Gasteiger charge is -2.29. The fourth-order valence-electron chi connectivity index (χ4n) is 2.05. The lowest BCUT2D eigenvalue weighted by Crippen LogP contribution is -2.41. The minimum Gasteiger partial charge on any atom is -0.491 e. The van der Waals surface area contributed by atoms with E-state index in [0.717, 1.165) is 32.5 Å². The number of benzene rings is 1. The maximum atomic E-state index is 6.03. The molecule has 0 spiro atoms. The van der Waals surface area contributed by atoms with Crippen molar-refractivity contribution in [2.75, 3.05) is 26.2 Å². The summed E-state index contributed by atoms with van der Waals surface area (Å²) in [5.74, 6) is 0.690. The molecule has 1 aromatic carbocycles. The summed E-state index contributed by atoms with van der Waals surface area (Å²) in [7, 11) is 0. The van der Waals surface area contributed by atoms with Gasteiger partial charge in [0.15, 0.2) is 0 Å². The van der Waals surface area contributed by atoms with Gasteiger partial charge in [-0.1, -0.05) is 23.2 Å². The van der Waals surface area contributed by atoms with Crippen molar-refractivity contribution in [3.63, 3.8) is 0 Å². The second-order valence-electron chi connectivity index (χ2n) is 4.60. The quantitative estimate of drug-likeness (QED) is 0.924. The minimum atomic E-state index is 0. The zero-order valence-electron chi connectivity index (χ0n) is 10.6. The summed E-state index contributed by atoms with van der Waals surface area (Å²) in [6.45, 7) is 3.65. The number of halogens is 3. The van der Waals surface area contributed by atoms with Crippen molar-refractivity contribution < 1.29 is 4.74 Å². The van der Waals surface area contributed by atoms with E-state index >= 15 is 0 Å². The van der Waals surface area contributed by atoms with E-state index in [9.17, 15) is 0 Å². The monoisotopic (exact) mass is 324 g/mol. The van der Waals surface area contributed by atoms with Gasteiger partial charge in [-0.2, -0.15) is 0 Å². The van der Waals surface area contributed by atoms with Crippen LogP contribution < -0.4 is 10.5 Å². The average Bonchev–Trinajstić information content (AvgIpc) is 2.34. The molecule has 0 bridgehead atoms. The van der Waals surface area contributed by atoms with Crippen molar-refractivity contribution in [2.45, 2.75) is 18.9 Å². The Labute approximate surface area is 130 Å². The molecular formula is C13H19Cl3N2O. The number of hydrogen-bond acceptors (Lipinski definition) is 3. The molecule has 0 unspecified atom stereocenters. The van der Waals surface area contributed by atoms with Gasteiger partial charge in [-0.15, -0.1) is 12.4 Å². The van der Waals surface area contributed by atoms with E-state index in [4.69, 9.17) is 33.7 Å². The van der Waals surface area contributed by atoms with Crippen LogP contribution in [-0.2, 0) is 0 Å². The first-order valence-corrected chi connectivity index (χ1v) is 6.96. The molecule has 0 amide bonds. The molecule has 2 rings (SSSR count). The van der Waals surface area contributed by atoms with Crippen LogP contribution in [-0.4, -0.2) is 37.2 Å². The molecule has 0 aromatic heterocycles. The Hall–Kier alpha value is -0.190. The highest BCUT2D eigenvalue weighted by atomic mass is 35.5. The molecule has 1 fully saturated rings. The Morgan fingerprint density at radius 3 is 2.58 bits per heavy atom. The van der Waals surface area contributed by atoms with Gasteiger partial charge < -0.3 is 10.5 Å². The number of rotatable bonds is 4. The zero-order chi connectivity index (χ0) is 13.0. The molecule has 3 nitrogen and oxygen atoms in total. The standard InChI is InChI=1S/C13H18Cl2N2O.ClH/c14-10-1-2-13(12(15)9-10)18-8-7-17-5-3-11(16)4-6-17;/h1-2,9,11H,3-8,16H2;1H. The summed E-state index contributed by atoms with van der Waals surface area (Å²) in [4.78, 5) is 2.37. The summed E-state index contributed by atoms with van der Waals surface area (Å²) < 4.78 is 5.66. The van der Waals surface area contributed by atoms with Crippen molar-refractivity contribution in [1.82, 2.24) is 4.90 Å². The van der Waals surface area contributed by atoms with Crippen molar-refractivity contribution in [3.8, 4) is 5.75 Å². The molecule has 1 saturated heterocycles. The molecule has 19 heavy (non-hydrogen) atoms. The summed E-state index contributed by atoms with van der Waals surface area (Å²) in [6, 6.07) is 5.64. The third kappa shape index (κ3) is 5.36. The van der Waals surface area contributed by atoms with Crippen LogP contribution in [0.1, 0.15) is 12.8 Å². The molecule has 1 aliphatic rings. The van der Waals surface area contributed by atoms with Gasteiger partial charge in [-0.25, -0.2) is 0 Å². The van der Waals surface area contributed by atoms with Gasteiger partial charge >= 0.3 is 0 Å². The van der Waals surface area contributed by atoms with Gasteiger partial charge in [0, 0.05) is 17.6 Å². The van der Waals surface area contributed by atoms with Crippen LogP contribution in [0.4, 0.5) is 0 Å². The molecule has 1 heterocycles. The van der Waals surface area contributed by atoms with Gasteiger partial charge in [-0.05, 0) is 44.1 Å². The van der Waals surface area contributed by atoms with Crippen molar-refractivity contribution in [2.24, 2.45) is 5.73 Å². The van der Waals surface area contributed by atoms with Crippen molar-refractivity contribution >= 4 is 35.6 Å². The molecule has 6 heteroatoms. The smallest absolute Gasteiger partial charge is 0.138 e. The SMILES string of the molecule is Cl.NC1CCN(CCOc2ccc(Cl)cc2Cl)CC1. The number of piperidine rings is 1. The number of likely N-dealkylation sites (tertiary alicyclic amines) is 1. The topological polar surface area (TPSA) is 38.5 Å². The van der Waals surface area contributed by atoms with Crippen LogP contribution in [0.15, 0.2) is 18.2 Å². The van der Waals surface area contributed by atoms with E-state index in [1.54, 1.807) is 18.2 Å². The van der Waals surface area contributed by atoms with Gasteiger partial charge in [0.05, 0.1) is 5.02 Å². The highest BCUT2D eigenvalue weighted by molar-refractivity contribution is 6.35. The number of hydrogen-bond donors (Lipinski definition) is 1. The first kappa shape index (κ1) is 16.9. The van der Waals surface area contributed by atoms with Crippen LogP contribution >= 0.6 is 35.6 Å². The van der Waals surface area contributed by atoms with Gasteiger partial charge in [0.25, 0.3) is 0 Å². The second-order valence-corrected chi connectivity index (χ2v) is 5.45. The Kier molecular flexibility index (Phi) is 7.26. The fourth-order valence-corrected chi connectivity index (χ4v) is 2.52. The Balaban J connectivity index is 0.00000180. The molecule has 0 aliphatic carbocycles. The van der Waals surface area contributed by atoms with Gasteiger partial charge in [-0.3, -0.25) is 4.90 Å². The fraction of sp³-hybridized carbons (Fsp3) is 0.538. The summed E-state index contributed by atoms with van der Waals surface area (Å²) in [5, 5.41) is 1.18. The van der Waals surface area contributed by atoms with Gasteiger partial charge in [0.2, 0.25) is 0 Å². The van der Waals surface area contributed by atoms with Crippen LogP contribution in [0.2, 0.25) is 10.0 Å². The van der Waals surface area contributed by atoms with Crippen LogP contribution in [0.3, 0.4) is 0 Å². The highest BCUT2D eigenvalue weighted by Gasteiger charge is 2.15.